The maximum Gasteiger partial charge on any atom is 0.239 e. The summed E-state index contributed by atoms with van der Waals surface area (Å²) in [6.07, 6.45) is 0.887. The van der Waals surface area contributed by atoms with Crippen LogP contribution in [0, 0.1) is 5.92 Å². The molecule has 0 aromatic carbocycles. The molecule has 2 unspecified atom stereocenters. The van der Waals surface area contributed by atoms with Crippen molar-refractivity contribution in [1.29, 1.82) is 0 Å². The van der Waals surface area contributed by atoms with Crippen molar-refractivity contribution in [1.82, 2.24) is 4.90 Å². The third kappa shape index (κ3) is 2.58. The molecule has 0 saturated carbocycles. The highest BCUT2D eigenvalue weighted by atomic mass is 35.5. The summed E-state index contributed by atoms with van der Waals surface area (Å²) in [5.41, 5.74) is 5.75. The highest BCUT2D eigenvalue weighted by Gasteiger charge is 2.29. The van der Waals surface area contributed by atoms with Crippen LogP contribution >= 0.6 is 11.6 Å². The summed E-state index contributed by atoms with van der Waals surface area (Å²) in [4.78, 5) is 13.4. The van der Waals surface area contributed by atoms with Crippen LogP contribution in [0.4, 0.5) is 0 Å². The summed E-state index contributed by atoms with van der Waals surface area (Å²) in [5.74, 6) is 0.236. The molecule has 2 atom stereocenters. The van der Waals surface area contributed by atoms with Gasteiger partial charge in [0.2, 0.25) is 5.91 Å². The number of halogens is 1. The Morgan fingerprint density at radius 2 is 2.23 bits per heavy atom. The van der Waals surface area contributed by atoms with E-state index >= 15 is 0 Å². The summed E-state index contributed by atoms with van der Waals surface area (Å²) in [5, 5.41) is 0.114. The van der Waals surface area contributed by atoms with E-state index in [-0.39, 0.29) is 23.2 Å². The van der Waals surface area contributed by atoms with Crippen molar-refractivity contribution < 1.29 is 4.79 Å². The van der Waals surface area contributed by atoms with Crippen LogP contribution in [0.1, 0.15) is 20.3 Å². The Morgan fingerprint density at radius 3 is 2.62 bits per heavy atom. The van der Waals surface area contributed by atoms with Gasteiger partial charge in [-0.3, -0.25) is 4.79 Å². The highest BCUT2D eigenvalue weighted by molar-refractivity contribution is 6.21. The van der Waals surface area contributed by atoms with Crippen molar-refractivity contribution in [3.8, 4) is 0 Å². The Labute approximate surface area is 84.2 Å². The SMILES string of the molecule is CC(C)C(N)C(=O)N1CCC(Cl)C1. The van der Waals surface area contributed by atoms with Crippen molar-refractivity contribution in [3.63, 3.8) is 0 Å². The molecule has 0 radical (unpaired) electrons. The van der Waals surface area contributed by atoms with Crippen molar-refractivity contribution in [2.45, 2.75) is 31.7 Å². The number of carbonyl (C=O) groups is 1. The van der Waals surface area contributed by atoms with Crippen LogP contribution in [0.15, 0.2) is 0 Å². The highest BCUT2D eigenvalue weighted by Crippen LogP contribution is 2.16. The molecular formula is C9H17ClN2O. The van der Waals surface area contributed by atoms with Crippen molar-refractivity contribution in [2.24, 2.45) is 11.7 Å². The van der Waals surface area contributed by atoms with E-state index in [1.807, 2.05) is 13.8 Å². The van der Waals surface area contributed by atoms with E-state index in [9.17, 15) is 4.79 Å². The minimum Gasteiger partial charge on any atom is -0.340 e. The van der Waals surface area contributed by atoms with E-state index < -0.39 is 0 Å². The van der Waals surface area contributed by atoms with Crippen LogP contribution in [0.2, 0.25) is 0 Å². The average molecular weight is 205 g/mol. The van der Waals surface area contributed by atoms with Crippen molar-refractivity contribution in [3.05, 3.63) is 0 Å². The van der Waals surface area contributed by atoms with Gasteiger partial charge in [-0.15, -0.1) is 11.6 Å². The Kier molecular flexibility index (Phi) is 3.56. The second-order valence-corrected chi connectivity index (χ2v) is 4.56. The molecule has 1 fully saturated rings. The fraction of sp³-hybridized carbons (Fsp3) is 0.889. The molecular weight excluding hydrogens is 188 g/mol. The number of alkyl halides is 1. The Balaban J connectivity index is 2.48. The molecule has 2 N–H and O–H groups in total. The lowest BCUT2D eigenvalue weighted by Gasteiger charge is -2.22. The van der Waals surface area contributed by atoms with Gasteiger partial charge in [-0.25, -0.2) is 0 Å². The topological polar surface area (TPSA) is 46.3 Å². The molecule has 0 aromatic heterocycles. The molecule has 1 saturated heterocycles. The number of nitrogens with zero attached hydrogens (tertiary/aromatic N) is 1. The van der Waals surface area contributed by atoms with Gasteiger partial charge in [0.05, 0.1) is 11.4 Å². The lowest BCUT2D eigenvalue weighted by molar-refractivity contribution is -0.132. The largest absolute Gasteiger partial charge is 0.340 e. The molecule has 0 spiro atoms. The molecule has 13 heavy (non-hydrogen) atoms. The second-order valence-electron chi connectivity index (χ2n) is 3.94. The zero-order valence-electron chi connectivity index (χ0n) is 8.16. The van der Waals surface area contributed by atoms with Gasteiger partial charge in [0, 0.05) is 13.1 Å². The first kappa shape index (κ1) is 10.8. The minimum atomic E-state index is -0.373. The normalized spacial score (nSPS) is 25.3. The Morgan fingerprint density at radius 1 is 1.62 bits per heavy atom. The van der Waals surface area contributed by atoms with Gasteiger partial charge in [-0.05, 0) is 12.3 Å². The van der Waals surface area contributed by atoms with Crippen LogP contribution in [0.25, 0.3) is 0 Å². The van der Waals surface area contributed by atoms with E-state index in [0.29, 0.717) is 6.54 Å². The maximum absolute atomic E-state index is 11.7. The van der Waals surface area contributed by atoms with E-state index in [4.69, 9.17) is 17.3 Å². The molecule has 0 aromatic rings. The van der Waals surface area contributed by atoms with Crippen LogP contribution in [0.5, 0.6) is 0 Å². The third-order valence-corrected chi connectivity index (χ3v) is 2.80. The number of likely N-dealkylation sites (tertiary alicyclic amines) is 1. The standard InChI is InChI=1S/C9H17ClN2O/c1-6(2)8(11)9(13)12-4-3-7(10)5-12/h6-8H,3-5,11H2,1-2H3. The zero-order chi connectivity index (χ0) is 10.0. The molecule has 0 aliphatic carbocycles. The van der Waals surface area contributed by atoms with E-state index in [1.165, 1.54) is 0 Å². The fourth-order valence-electron chi connectivity index (χ4n) is 1.41. The number of rotatable bonds is 2. The number of hydrogen-bond donors (Lipinski definition) is 1. The quantitative estimate of drug-likeness (QED) is 0.677. The number of nitrogens with two attached hydrogens (primary N) is 1. The number of amides is 1. The summed E-state index contributed by atoms with van der Waals surface area (Å²) in [7, 11) is 0. The molecule has 1 amide bonds. The zero-order valence-corrected chi connectivity index (χ0v) is 8.92. The fourth-order valence-corrected chi connectivity index (χ4v) is 1.68. The second kappa shape index (κ2) is 4.29. The van der Waals surface area contributed by atoms with Gasteiger partial charge in [-0.1, -0.05) is 13.8 Å². The summed E-state index contributed by atoms with van der Waals surface area (Å²) < 4.78 is 0. The first-order valence-electron chi connectivity index (χ1n) is 4.70. The molecule has 1 rings (SSSR count). The molecule has 76 valence electrons. The molecule has 4 heteroatoms. The molecule has 1 aliphatic rings. The first-order chi connectivity index (χ1) is 6.02. The number of hydrogen-bond acceptors (Lipinski definition) is 2. The Hall–Kier alpha value is -0.280. The Bertz CT molecular complexity index is 196. The van der Waals surface area contributed by atoms with E-state index in [0.717, 1.165) is 13.0 Å². The van der Waals surface area contributed by atoms with Gasteiger partial charge in [0.15, 0.2) is 0 Å². The van der Waals surface area contributed by atoms with Crippen LogP contribution in [-0.4, -0.2) is 35.3 Å². The smallest absolute Gasteiger partial charge is 0.239 e. The van der Waals surface area contributed by atoms with E-state index in [2.05, 4.69) is 0 Å². The molecule has 1 heterocycles. The van der Waals surface area contributed by atoms with Gasteiger partial charge < -0.3 is 10.6 Å². The first-order valence-corrected chi connectivity index (χ1v) is 5.14. The predicted molar refractivity (Wildman–Crippen MR) is 53.7 cm³/mol. The predicted octanol–water partition coefficient (Wildman–Crippen LogP) is 0.809. The van der Waals surface area contributed by atoms with Gasteiger partial charge in [0.25, 0.3) is 0 Å². The summed E-state index contributed by atoms with van der Waals surface area (Å²) >= 11 is 5.90. The lowest BCUT2D eigenvalue weighted by atomic mass is 10.0. The molecule has 1 aliphatic heterocycles. The van der Waals surface area contributed by atoms with Gasteiger partial charge in [0.1, 0.15) is 0 Å². The van der Waals surface area contributed by atoms with Gasteiger partial charge in [-0.2, -0.15) is 0 Å². The summed E-state index contributed by atoms with van der Waals surface area (Å²) in [6.45, 7) is 5.32. The molecule has 3 nitrogen and oxygen atoms in total. The lowest BCUT2D eigenvalue weighted by Crippen LogP contribution is -2.45. The third-order valence-electron chi connectivity index (χ3n) is 2.45. The van der Waals surface area contributed by atoms with Crippen molar-refractivity contribution in [2.75, 3.05) is 13.1 Å². The van der Waals surface area contributed by atoms with Gasteiger partial charge >= 0.3 is 0 Å². The maximum atomic E-state index is 11.7. The van der Waals surface area contributed by atoms with Crippen LogP contribution < -0.4 is 5.73 Å². The molecule has 0 bridgehead atoms. The van der Waals surface area contributed by atoms with Crippen LogP contribution in [-0.2, 0) is 4.79 Å². The van der Waals surface area contributed by atoms with Crippen molar-refractivity contribution >= 4 is 17.5 Å². The average Bonchev–Trinajstić information content (AvgIpc) is 2.49. The summed E-state index contributed by atoms with van der Waals surface area (Å²) in [6, 6.07) is -0.373. The number of carbonyl (C=O) groups excluding carboxylic acids is 1. The van der Waals surface area contributed by atoms with E-state index in [1.54, 1.807) is 4.90 Å². The van der Waals surface area contributed by atoms with Crippen LogP contribution in [0.3, 0.4) is 0 Å². The monoisotopic (exact) mass is 204 g/mol. The minimum absolute atomic E-state index is 0.0400.